The summed E-state index contributed by atoms with van der Waals surface area (Å²) >= 11 is 0. The smallest absolute Gasteiger partial charge is 0.418 e. The summed E-state index contributed by atoms with van der Waals surface area (Å²) in [5.74, 6) is 0. The van der Waals surface area contributed by atoms with E-state index in [1.165, 1.54) is 53.3 Å². The Morgan fingerprint density at radius 1 is 0.467 bits per heavy atom. The maximum Gasteiger partial charge on any atom is 0.673 e. The molecular formula is C37H42BF4IrP2-. The summed E-state index contributed by atoms with van der Waals surface area (Å²) in [6.07, 6.45) is 15.2. The summed E-state index contributed by atoms with van der Waals surface area (Å²) in [4.78, 5) is 0. The van der Waals surface area contributed by atoms with Crippen molar-refractivity contribution in [3.63, 3.8) is 0 Å². The number of halogens is 4. The van der Waals surface area contributed by atoms with Gasteiger partial charge >= 0.3 is 7.25 Å². The minimum Gasteiger partial charge on any atom is -0.418 e. The summed E-state index contributed by atoms with van der Waals surface area (Å²) in [6, 6.07) is 44.5. The Hall–Kier alpha value is -2.35. The first-order valence-electron chi connectivity index (χ1n) is 15.2. The summed E-state index contributed by atoms with van der Waals surface area (Å²) < 4.78 is 39.0. The van der Waals surface area contributed by atoms with E-state index in [9.17, 15) is 17.3 Å². The van der Waals surface area contributed by atoms with Crippen LogP contribution in [-0.4, -0.2) is 18.6 Å². The van der Waals surface area contributed by atoms with Crippen LogP contribution in [0.4, 0.5) is 17.3 Å². The van der Waals surface area contributed by atoms with Crippen LogP contribution in [0.1, 0.15) is 46.0 Å². The molecule has 0 heterocycles. The van der Waals surface area contributed by atoms with Crippen molar-refractivity contribution >= 4 is 44.3 Å². The first-order chi connectivity index (χ1) is 21.2. The topological polar surface area (TPSA) is 0 Å². The zero-order valence-electron chi connectivity index (χ0n) is 25.9. The van der Waals surface area contributed by atoms with E-state index in [0.717, 1.165) is 0 Å². The van der Waals surface area contributed by atoms with Crippen molar-refractivity contribution in [2.75, 3.05) is 0 Å². The van der Waals surface area contributed by atoms with Gasteiger partial charge in [0, 0.05) is 20.1 Å². The molecule has 0 unspecified atom stereocenters. The maximum atomic E-state index is 9.75. The number of allylic oxidation sites excluding steroid dienone is 4. The normalized spacial score (nSPS) is 15.5. The van der Waals surface area contributed by atoms with Crippen LogP contribution >= 0.6 is 15.8 Å². The maximum absolute atomic E-state index is 9.75. The van der Waals surface area contributed by atoms with Gasteiger partial charge in [-0.2, -0.15) is 0 Å². The predicted octanol–water partition coefficient (Wildman–Crippen LogP) is 10.4. The summed E-state index contributed by atoms with van der Waals surface area (Å²) in [5.41, 5.74) is 1.21. The third kappa shape index (κ3) is 15.2. The molecule has 241 valence electrons. The molecule has 8 heteroatoms. The molecule has 1 radical (unpaired) electrons. The van der Waals surface area contributed by atoms with Gasteiger partial charge in [-0.15, -0.1) is 0 Å². The van der Waals surface area contributed by atoms with E-state index in [0.29, 0.717) is 11.3 Å². The fourth-order valence-electron chi connectivity index (χ4n) is 5.23. The van der Waals surface area contributed by atoms with Gasteiger partial charge in [-0.25, -0.2) is 0 Å². The quantitative estimate of drug-likeness (QED) is 0.0719. The SMILES string of the molecule is C1=C\CC/C=C\CC/1.C[C@@H](C[C@H](C)P(c1ccccc1)c1ccccc1)P(c1ccccc1)c1ccccc1.F[B-](F)(F)F.[Ir]. The third-order valence-electron chi connectivity index (χ3n) is 7.03. The van der Waals surface area contributed by atoms with Crippen LogP contribution in [0.2, 0.25) is 0 Å². The molecule has 0 fully saturated rings. The minimum atomic E-state index is -6.00. The fourth-order valence-corrected chi connectivity index (χ4v) is 11.1. The molecule has 0 bridgehead atoms. The largest absolute Gasteiger partial charge is 0.673 e. The van der Waals surface area contributed by atoms with Crippen molar-refractivity contribution < 1.29 is 37.4 Å². The van der Waals surface area contributed by atoms with Crippen LogP contribution in [-0.2, 0) is 20.1 Å². The number of hydrogen-bond donors (Lipinski definition) is 0. The number of benzene rings is 4. The molecule has 4 aromatic carbocycles. The van der Waals surface area contributed by atoms with Crippen molar-refractivity contribution in [2.24, 2.45) is 0 Å². The van der Waals surface area contributed by atoms with Crippen LogP contribution in [0.25, 0.3) is 0 Å². The van der Waals surface area contributed by atoms with E-state index >= 15 is 0 Å². The first kappa shape index (κ1) is 38.8. The van der Waals surface area contributed by atoms with E-state index < -0.39 is 23.1 Å². The fraction of sp³-hybridized carbons (Fsp3) is 0.243. The van der Waals surface area contributed by atoms with Gasteiger partial charge < -0.3 is 17.3 Å². The Bertz CT molecular complexity index is 1170. The molecule has 0 saturated heterocycles. The van der Waals surface area contributed by atoms with Gasteiger partial charge in [0.1, 0.15) is 0 Å². The molecule has 4 aromatic rings. The Morgan fingerprint density at radius 3 is 0.867 bits per heavy atom. The van der Waals surface area contributed by atoms with Gasteiger partial charge in [0.15, 0.2) is 0 Å². The molecule has 1 aliphatic carbocycles. The van der Waals surface area contributed by atoms with E-state index in [-0.39, 0.29) is 20.1 Å². The standard InChI is InChI=1S/C29H30P2.C8H12.BF4.Ir/c1-24(30(26-15-7-3-8-16-26)27-17-9-4-10-18-27)23-25(2)31(28-19-11-5-12-20-28)29-21-13-6-14-22-29;1-2-4-6-8-7-5-3-1;2-1(3,4)5;/h3-22,24-25H,23H2,1-2H3;1-2,7-8H,3-6H2;;/q;;-1;/b;2-1-,8-7-;;/t24-,25-;;;/m0.../s1. The van der Waals surface area contributed by atoms with E-state index in [4.69, 9.17) is 0 Å². The van der Waals surface area contributed by atoms with Gasteiger partial charge in [-0.05, 0) is 80.5 Å². The van der Waals surface area contributed by atoms with Crippen molar-refractivity contribution in [1.29, 1.82) is 0 Å². The van der Waals surface area contributed by atoms with Gasteiger partial charge in [0.05, 0.1) is 0 Å². The van der Waals surface area contributed by atoms with E-state index in [1.807, 2.05) is 0 Å². The Labute approximate surface area is 283 Å². The molecule has 0 aliphatic heterocycles. The molecular weight excluding hydrogens is 785 g/mol. The van der Waals surface area contributed by atoms with Crippen LogP contribution in [0.15, 0.2) is 146 Å². The van der Waals surface area contributed by atoms with Crippen LogP contribution < -0.4 is 21.2 Å². The van der Waals surface area contributed by atoms with Crippen molar-refractivity contribution in [1.82, 2.24) is 0 Å². The summed E-state index contributed by atoms with van der Waals surface area (Å²) in [6.45, 7) is 4.93. The van der Waals surface area contributed by atoms with Crippen LogP contribution in [0.3, 0.4) is 0 Å². The average Bonchev–Trinajstić information content (AvgIpc) is 2.99. The second-order valence-electron chi connectivity index (χ2n) is 10.6. The molecule has 2 atom stereocenters. The average molecular weight is 828 g/mol. The van der Waals surface area contributed by atoms with Crippen molar-refractivity contribution in [3.8, 4) is 0 Å². The molecule has 45 heavy (non-hydrogen) atoms. The molecule has 0 aromatic heterocycles. The Balaban J connectivity index is 0.000000421. The minimum absolute atomic E-state index is 0. The van der Waals surface area contributed by atoms with Gasteiger partial charge in [0.2, 0.25) is 0 Å². The molecule has 0 N–H and O–H groups in total. The molecule has 0 saturated carbocycles. The molecule has 0 amide bonds. The molecule has 0 spiro atoms. The Kier molecular flexibility index (Phi) is 18.5. The van der Waals surface area contributed by atoms with E-state index in [2.05, 4.69) is 159 Å². The molecule has 5 rings (SSSR count). The Morgan fingerprint density at radius 2 is 0.667 bits per heavy atom. The zero-order chi connectivity index (χ0) is 31.6. The van der Waals surface area contributed by atoms with Crippen molar-refractivity contribution in [3.05, 3.63) is 146 Å². The first-order valence-corrected chi connectivity index (χ1v) is 18.0. The second kappa shape index (κ2) is 21.4. The predicted molar refractivity (Wildman–Crippen MR) is 189 cm³/mol. The second-order valence-corrected chi connectivity index (χ2v) is 15.9. The van der Waals surface area contributed by atoms with Gasteiger partial charge in [-0.3, -0.25) is 0 Å². The summed E-state index contributed by atoms with van der Waals surface area (Å²) in [7, 11) is -6.79. The van der Waals surface area contributed by atoms with Gasteiger partial charge in [0.25, 0.3) is 0 Å². The van der Waals surface area contributed by atoms with Crippen LogP contribution in [0.5, 0.6) is 0 Å². The van der Waals surface area contributed by atoms with Crippen molar-refractivity contribution in [2.45, 2.75) is 57.3 Å². The monoisotopic (exact) mass is 828 g/mol. The molecule has 1 aliphatic rings. The summed E-state index contributed by atoms with van der Waals surface area (Å²) in [5, 5.41) is 5.92. The van der Waals surface area contributed by atoms with E-state index in [1.54, 1.807) is 0 Å². The number of hydrogen-bond acceptors (Lipinski definition) is 0. The molecule has 0 nitrogen and oxygen atoms in total. The van der Waals surface area contributed by atoms with Crippen LogP contribution in [0, 0.1) is 0 Å². The number of rotatable bonds is 8. The third-order valence-corrected chi connectivity index (χ3v) is 12.6. The van der Waals surface area contributed by atoms with Gasteiger partial charge in [-0.1, -0.05) is 159 Å². The zero-order valence-corrected chi connectivity index (χ0v) is 30.0.